The minimum atomic E-state index is -0.0620. The van der Waals surface area contributed by atoms with Crippen molar-refractivity contribution in [2.75, 3.05) is 16.4 Å². The molecule has 24 heavy (non-hydrogen) atoms. The number of amides is 2. The largest absolute Gasteiger partial charge is 0.399 e. The number of anilines is 3. The molecule has 0 bridgehead atoms. The maximum Gasteiger partial charge on any atom is 0.227 e. The van der Waals surface area contributed by atoms with Gasteiger partial charge in [0.25, 0.3) is 0 Å². The normalized spacial score (nSPS) is 13.3. The van der Waals surface area contributed by atoms with E-state index >= 15 is 0 Å². The van der Waals surface area contributed by atoms with Crippen molar-refractivity contribution >= 4 is 28.9 Å². The second-order valence-electron chi connectivity index (χ2n) is 6.09. The summed E-state index contributed by atoms with van der Waals surface area (Å²) in [6.45, 7) is 0. The average Bonchev–Trinajstić information content (AvgIpc) is 3.41. The quantitative estimate of drug-likeness (QED) is 0.714. The van der Waals surface area contributed by atoms with E-state index < -0.39 is 0 Å². The summed E-state index contributed by atoms with van der Waals surface area (Å²) in [4.78, 5) is 23.7. The van der Waals surface area contributed by atoms with Gasteiger partial charge in [0.05, 0.1) is 0 Å². The molecular weight excluding hydrogens is 302 g/mol. The van der Waals surface area contributed by atoms with Gasteiger partial charge < -0.3 is 16.4 Å². The van der Waals surface area contributed by atoms with Crippen LogP contribution in [0.3, 0.4) is 0 Å². The maximum absolute atomic E-state index is 12.0. The third-order valence-electron chi connectivity index (χ3n) is 4.06. The summed E-state index contributed by atoms with van der Waals surface area (Å²) in [7, 11) is 0. The minimum Gasteiger partial charge on any atom is -0.399 e. The van der Waals surface area contributed by atoms with Gasteiger partial charge in [-0.3, -0.25) is 9.59 Å². The molecule has 2 aromatic carbocycles. The van der Waals surface area contributed by atoms with Crippen LogP contribution < -0.4 is 16.4 Å². The van der Waals surface area contributed by atoms with E-state index in [0.29, 0.717) is 24.2 Å². The monoisotopic (exact) mass is 323 g/mol. The lowest BCUT2D eigenvalue weighted by Crippen LogP contribution is -2.14. The molecule has 1 aliphatic carbocycles. The molecule has 0 spiro atoms. The molecule has 1 saturated carbocycles. The number of rotatable bonds is 6. The van der Waals surface area contributed by atoms with Gasteiger partial charge in [0.2, 0.25) is 11.8 Å². The standard InChI is InChI=1S/C19H21N3O2/c20-17-4-2-1-3-13(17)7-12-18(23)21-15-8-10-16(11-9-15)22-19(24)14-5-6-14/h1-4,8-11,14H,5-7,12,20H2,(H,21,23)(H,22,24). The number of nitrogen functional groups attached to an aromatic ring is 1. The Morgan fingerprint density at radius 1 is 0.958 bits per heavy atom. The van der Waals surface area contributed by atoms with Crippen LogP contribution in [-0.2, 0) is 16.0 Å². The van der Waals surface area contributed by atoms with Gasteiger partial charge >= 0.3 is 0 Å². The first kappa shape index (κ1) is 16.1. The van der Waals surface area contributed by atoms with Gasteiger partial charge in [-0.1, -0.05) is 18.2 Å². The van der Waals surface area contributed by atoms with Crippen LogP contribution in [0.1, 0.15) is 24.8 Å². The van der Waals surface area contributed by atoms with Crippen molar-refractivity contribution in [2.24, 2.45) is 5.92 Å². The minimum absolute atomic E-state index is 0.0620. The maximum atomic E-state index is 12.0. The van der Waals surface area contributed by atoms with Crippen molar-refractivity contribution in [2.45, 2.75) is 25.7 Å². The van der Waals surface area contributed by atoms with Crippen LogP contribution in [0.2, 0.25) is 0 Å². The number of aryl methyl sites for hydroxylation is 1. The Kier molecular flexibility index (Phi) is 4.79. The number of carbonyl (C=O) groups is 2. The van der Waals surface area contributed by atoms with Crippen molar-refractivity contribution in [1.82, 2.24) is 0 Å². The molecule has 5 nitrogen and oxygen atoms in total. The van der Waals surface area contributed by atoms with E-state index in [1.165, 1.54) is 0 Å². The molecule has 5 heteroatoms. The molecule has 1 aliphatic rings. The van der Waals surface area contributed by atoms with Gasteiger partial charge in [-0.15, -0.1) is 0 Å². The SMILES string of the molecule is Nc1ccccc1CCC(=O)Nc1ccc(NC(=O)C2CC2)cc1. The molecule has 4 N–H and O–H groups in total. The molecule has 0 saturated heterocycles. The highest BCUT2D eigenvalue weighted by molar-refractivity contribution is 5.95. The van der Waals surface area contributed by atoms with E-state index in [-0.39, 0.29) is 17.7 Å². The smallest absolute Gasteiger partial charge is 0.227 e. The number of hydrogen-bond acceptors (Lipinski definition) is 3. The van der Waals surface area contributed by atoms with Crippen LogP contribution in [0.15, 0.2) is 48.5 Å². The zero-order valence-electron chi connectivity index (χ0n) is 13.4. The molecule has 0 unspecified atom stereocenters. The number of benzene rings is 2. The Balaban J connectivity index is 1.49. The van der Waals surface area contributed by atoms with E-state index in [2.05, 4.69) is 10.6 Å². The molecule has 0 aliphatic heterocycles. The Bertz CT molecular complexity index is 737. The molecule has 2 aromatic rings. The van der Waals surface area contributed by atoms with Crippen molar-refractivity contribution in [3.8, 4) is 0 Å². The topological polar surface area (TPSA) is 84.2 Å². The second-order valence-corrected chi connectivity index (χ2v) is 6.09. The molecule has 2 amide bonds. The number of nitrogens with two attached hydrogens (primary N) is 1. The fourth-order valence-corrected chi connectivity index (χ4v) is 2.46. The summed E-state index contributed by atoms with van der Waals surface area (Å²) in [5.74, 6) is 0.190. The molecule has 1 fully saturated rings. The number of para-hydroxylation sites is 1. The summed E-state index contributed by atoms with van der Waals surface area (Å²) in [6, 6.07) is 14.7. The van der Waals surface area contributed by atoms with Crippen LogP contribution in [-0.4, -0.2) is 11.8 Å². The van der Waals surface area contributed by atoms with E-state index in [9.17, 15) is 9.59 Å². The molecule has 3 rings (SSSR count). The summed E-state index contributed by atoms with van der Waals surface area (Å²) in [5, 5.41) is 5.73. The van der Waals surface area contributed by atoms with Gasteiger partial charge in [0, 0.05) is 29.4 Å². The number of carbonyl (C=O) groups excluding carboxylic acids is 2. The van der Waals surface area contributed by atoms with Crippen molar-refractivity contribution in [3.63, 3.8) is 0 Å². The third kappa shape index (κ3) is 4.35. The van der Waals surface area contributed by atoms with Crippen molar-refractivity contribution in [1.29, 1.82) is 0 Å². The number of nitrogens with one attached hydrogen (secondary N) is 2. The lowest BCUT2D eigenvalue weighted by molar-refractivity contribution is -0.117. The highest BCUT2D eigenvalue weighted by atomic mass is 16.2. The van der Waals surface area contributed by atoms with Gasteiger partial charge in [-0.2, -0.15) is 0 Å². The van der Waals surface area contributed by atoms with Crippen molar-refractivity contribution in [3.05, 3.63) is 54.1 Å². The van der Waals surface area contributed by atoms with Crippen molar-refractivity contribution < 1.29 is 9.59 Å². The van der Waals surface area contributed by atoms with E-state index in [0.717, 1.165) is 24.1 Å². The Hall–Kier alpha value is -2.82. The Labute approximate surface area is 141 Å². The first-order chi connectivity index (χ1) is 11.6. The molecular formula is C19H21N3O2. The highest BCUT2D eigenvalue weighted by Crippen LogP contribution is 2.30. The fraction of sp³-hybridized carbons (Fsp3) is 0.263. The van der Waals surface area contributed by atoms with E-state index in [4.69, 9.17) is 5.73 Å². The Morgan fingerprint density at radius 3 is 2.21 bits per heavy atom. The molecule has 0 aromatic heterocycles. The summed E-state index contributed by atoms with van der Waals surface area (Å²) < 4.78 is 0. The fourth-order valence-electron chi connectivity index (χ4n) is 2.46. The summed E-state index contributed by atoms with van der Waals surface area (Å²) in [6.07, 6.45) is 2.93. The van der Waals surface area contributed by atoms with Gasteiger partial charge in [0.15, 0.2) is 0 Å². The van der Waals surface area contributed by atoms with Crippen LogP contribution in [0.5, 0.6) is 0 Å². The summed E-state index contributed by atoms with van der Waals surface area (Å²) >= 11 is 0. The molecule has 0 heterocycles. The zero-order chi connectivity index (χ0) is 16.9. The lowest BCUT2D eigenvalue weighted by Gasteiger charge is -2.08. The average molecular weight is 323 g/mol. The zero-order valence-corrected chi connectivity index (χ0v) is 13.4. The second kappa shape index (κ2) is 7.17. The number of hydrogen-bond donors (Lipinski definition) is 3. The molecule has 124 valence electrons. The lowest BCUT2D eigenvalue weighted by atomic mass is 10.1. The van der Waals surface area contributed by atoms with Crippen LogP contribution in [0.4, 0.5) is 17.1 Å². The molecule has 0 radical (unpaired) electrons. The van der Waals surface area contributed by atoms with Crippen LogP contribution in [0, 0.1) is 5.92 Å². The van der Waals surface area contributed by atoms with Gasteiger partial charge in [-0.25, -0.2) is 0 Å². The first-order valence-corrected chi connectivity index (χ1v) is 8.16. The van der Waals surface area contributed by atoms with Gasteiger partial charge in [-0.05, 0) is 55.2 Å². The predicted molar refractivity (Wildman–Crippen MR) is 95.6 cm³/mol. The highest BCUT2D eigenvalue weighted by Gasteiger charge is 2.29. The first-order valence-electron chi connectivity index (χ1n) is 8.16. The Morgan fingerprint density at radius 2 is 1.58 bits per heavy atom. The summed E-state index contributed by atoms with van der Waals surface area (Å²) in [5.41, 5.74) is 9.03. The van der Waals surface area contributed by atoms with Gasteiger partial charge in [0.1, 0.15) is 0 Å². The van der Waals surface area contributed by atoms with Crippen LogP contribution in [0.25, 0.3) is 0 Å². The third-order valence-corrected chi connectivity index (χ3v) is 4.06. The molecule has 0 atom stereocenters. The van der Waals surface area contributed by atoms with Crippen LogP contribution >= 0.6 is 0 Å². The van der Waals surface area contributed by atoms with E-state index in [1.807, 2.05) is 24.3 Å². The predicted octanol–water partition coefficient (Wildman–Crippen LogP) is 3.19. The van der Waals surface area contributed by atoms with E-state index in [1.54, 1.807) is 24.3 Å².